The van der Waals surface area contributed by atoms with Crippen LogP contribution in [0.15, 0.2) is 107 Å². The predicted octanol–water partition coefficient (Wildman–Crippen LogP) is 6.00. The monoisotopic (exact) mass is 661 g/mol. The molecule has 9 nitrogen and oxygen atoms in total. The summed E-state index contributed by atoms with van der Waals surface area (Å²) in [6, 6.07) is 31.8. The lowest BCUT2D eigenvalue weighted by Crippen LogP contribution is -2.33. The lowest BCUT2D eigenvalue weighted by atomic mass is 10.1. The number of carbonyl (C=O) groups is 1. The van der Waals surface area contributed by atoms with Crippen LogP contribution in [0.2, 0.25) is 0 Å². The maximum absolute atomic E-state index is 13.0. The van der Waals surface area contributed by atoms with E-state index in [1.54, 1.807) is 17.8 Å². The summed E-state index contributed by atoms with van der Waals surface area (Å²) in [5.74, 6) is 1.17. The van der Waals surface area contributed by atoms with E-state index < -0.39 is 0 Å². The van der Waals surface area contributed by atoms with E-state index in [9.17, 15) is 9.59 Å². The highest BCUT2D eigenvalue weighted by molar-refractivity contribution is 7.99. The standard InChI is InChI=1S/C38H39N5O4S/c1-27-10-2-9-17-34(27)48-25-18-35-42-38(45)30-13-5-8-16-33(30)43(35)26-36(44)39-19-21-46-23-24-47-22-20-40-37-28-11-3-6-14-31(28)41-32-15-7-4-12-29(32)37/h2-17H,18-26H2,1H3,(H,39,44)(H,40,41). The molecule has 48 heavy (non-hydrogen) atoms. The number of pyridine rings is 1. The Morgan fingerprint density at radius 2 is 1.38 bits per heavy atom. The first kappa shape index (κ1) is 33.1. The fraction of sp³-hybridized carbons (Fsp3) is 0.263. The lowest BCUT2D eigenvalue weighted by Gasteiger charge is -2.16. The van der Waals surface area contributed by atoms with Crippen molar-refractivity contribution in [3.05, 3.63) is 119 Å². The number of hydrogen-bond donors (Lipinski definition) is 2. The average Bonchev–Trinajstić information content (AvgIpc) is 3.11. The van der Waals surface area contributed by atoms with Crippen LogP contribution in [0.1, 0.15) is 11.4 Å². The number of rotatable bonds is 16. The molecule has 6 aromatic rings. The van der Waals surface area contributed by atoms with Crippen molar-refractivity contribution in [2.45, 2.75) is 24.8 Å². The Kier molecular flexibility index (Phi) is 11.3. The molecular weight excluding hydrogens is 623 g/mol. The number of fused-ring (bicyclic) bond motifs is 3. The van der Waals surface area contributed by atoms with Gasteiger partial charge in [0.25, 0.3) is 5.56 Å². The molecule has 0 spiro atoms. The van der Waals surface area contributed by atoms with E-state index in [4.69, 9.17) is 14.5 Å². The third-order valence-corrected chi connectivity index (χ3v) is 9.20. The summed E-state index contributed by atoms with van der Waals surface area (Å²) in [5, 5.41) is 9.14. The normalized spacial score (nSPS) is 11.4. The Morgan fingerprint density at radius 3 is 2.10 bits per heavy atom. The molecule has 2 N–H and O–H groups in total. The molecule has 2 aromatic heterocycles. The number of para-hydroxylation sites is 3. The van der Waals surface area contributed by atoms with E-state index in [1.165, 1.54) is 10.5 Å². The quantitative estimate of drug-likeness (QED) is 0.0739. The van der Waals surface area contributed by atoms with Crippen molar-refractivity contribution in [1.29, 1.82) is 0 Å². The summed E-state index contributed by atoms with van der Waals surface area (Å²) >= 11 is 1.72. The molecular formula is C38H39N5O4S. The maximum atomic E-state index is 13.0. The Labute approximate surface area is 283 Å². The van der Waals surface area contributed by atoms with E-state index in [0.29, 0.717) is 62.7 Å². The van der Waals surface area contributed by atoms with Crippen LogP contribution in [0.3, 0.4) is 0 Å². The molecule has 0 bridgehead atoms. The van der Waals surface area contributed by atoms with Gasteiger partial charge in [0, 0.05) is 40.9 Å². The SMILES string of the molecule is Cc1ccccc1SCCc1nc(=O)c2ccccc2n1CC(=O)NCCOCCOCCNc1c2ccccc2nc2ccccc12. The van der Waals surface area contributed by atoms with Gasteiger partial charge < -0.3 is 24.7 Å². The summed E-state index contributed by atoms with van der Waals surface area (Å²) < 4.78 is 13.3. The second kappa shape index (κ2) is 16.4. The van der Waals surface area contributed by atoms with Crippen LogP contribution in [0.25, 0.3) is 32.7 Å². The highest BCUT2D eigenvalue weighted by atomic mass is 32.2. The largest absolute Gasteiger partial charge is 0.382 e. The van der Waals surface area contributed by atoms with Gasteiger partial charge in [-0.1, -0.05) is 66.7 Å². The molecule has 10 heteroatoms. The Hall–Kier alpha value is -4.77. The van der Waals surface area contributed by atoms with Crippen LogP contribution in [-0.2, 0) is 27.2 Å². The van der Waals surface area contributed by atoms with E-state index >= 15 is 0 Å². The summed E-state index contributed by atoms with van der Waals surface area (Å²) in [4.78, 5) is 36.1. The fourth-order valence-corrected chi connectivity index (χ4v) is 6.64. The van der Waals surface area contributed by atoms with Gasteiger partial charge >= 0.3 is 0 Å². The van der Waals surface area contributed by atoms with Crippen molar-refractivity contribution in [3.8, 4) is 0 Å². The van der Waals surface area contributed by atoms with Gasteiger partial charge in [0.2, 0.25) is 5.91 Å². The van der Waals surface area contributed by atoms with Crippen LogP contribution >= 0.6 is 11.8 Å². The molecule has 0 unspecified atom stereocenters. The zero-order chi connectivity index (χ0) is 33.1. The van der Waals surface area contributed by atoms with Crippen LogP contribution < -0.4 is 16.2 Å². The number of aromatic nitrogens is 3. The Balaban J connectivity index is 0.933. The number of nitrogens with one attached hydrogen (secondary N) is 2. The zero-order valence-corrected chi connectivity index (χ0v) is 27.8. The summed E-state index contributed by atoms with van der Waals surface area (Å²) in [7, 11) is 0. The number of anilines is 1. The molecule has 0 fully saturated rings. The molecule has 4 aromatic carbocycles. The molecule has 0 radical (unpaired) electrons. The van der Waals surface area contributed by atoms with Crippen molar-refractivity contribution in [2.24, 2.45) is 0 Å². The van der Waals surface area contributed by atoms with E-state index in [1.807, 2.05) is 71.3 Å². The van der Waals surface area contributed by atoms with E-state index in [0.717, 1.165) is 33.2 Å². The Bertz CT molecular complexity index is 2030. The molecule has 0 aliphatic carbocycles. The summed E-state index contributed by atoms with van der Waals surface area (Å²) in [5.41, 5.74) is 4.61. The number of benzene rings is 4. The first-order chi connectivity index (χ1) is 23.6. The van der Waals surface area contributed by atoms with Gasteiger partial charge in [-0.25, -0.2) is 4.98 Å². The number of amides is 1. The molecule has 246 valence electrons. The van der Waals surface area contributed by atoms with Crippen molar-refractivity contribution in [3.63, 3.8) is 0 Å². The topological polar surface area (TPSA) is 107 Å². The van der Waals surface area contributed by atoms with Gasteiger partial charge in [0.1, 0.15) is 12.4 Å². The van der Waals surface area contributed by atoms with Gasteiger partial charge in [0.05, 0.1) is 54.1 Å². The smallest absolute Gasteiger partial charge is 0.280 e. The second-order valence-electron chi connectivity index (χ2n) is 11.3. The van der Waals surface area contributed by atoms with Crippen molar-refractivity contribution in [1.82, 2.24) is 19.9 Å². The third kappa shape index (κ3) is 8.20. The summed E-state index contributed by atoms with van der Waals surface area (Å²) in [6.45, 7) is 4.93. The van der Waals surface area contributed by atoms with E-state index in [-0.39, 0.29) is 18.0 Å². The van der Waals surface area contributed by atoms with Crippen LogP contribution in [0.5, 0.6) is 0 Å². The highest BCUT2D eigenvalue weighted by Crippen LogP contribution is 2.30. The van der Waals surface area contributed by atoms with Gasteiger partial charge in [-0.15, -0.1) is 11.8 Å². The van der Waals surface area contributed by atoms with Gasteiger partial charge in [0.15, 0.2) is 0 Å². The van der Waals surface area contributed by atoms with Gasteiger partial charge in [-0.3, -0.25) is 9.59 Å². The van der Waals surface area contributed by atoms with E-state index in [2.05, 4.69) is 46.8 Å². The zero-order valence-electron chi connectivity index (χ0n) is 27.0. The van der Waals surface area contributed by atoms with Crippen LogP contribution in [-0.4, -0.2) is 65.7 Å². The number of hydrogen-bond acceptors (Lipinski definition) is 8. The number of aryl methyl sites for hydroxylation is 2. The molecule has 0 aliphatic rings. The van der Waals surface area contributed by atoms with Crippen molar-refractivity contribution < 1.29 is 14.3 Å². The predicted molar refractivity (Wildman–Crippen MR) is 194 cm³/mol. The number of thioether (sulfide) groups is 1. The molecule has 1 amide bonds. The fourth-order valence-electron chi connectivity index (χ4n) is 5.67. The van der Waals surface area contributed by atoms with Gasteiger partial charge in [-0.2, -0.15) is 4.98 Å². The van der Waals surface area contributed by atoms with Gasteiger partial charge in [-0.05, 0) is 42.8 Å². The molecule has 2 heterocycles. The molecule has 0 saturated carbocycles. The Morgan fingerprint density at radius 1 is 0.750 bits per heavy atom. The lowest BCUT2D eigenvalue weighted by molar-refractivity contribution is -0.121. The maximum Gasteiger partial charge on any atom is 0.280 e. The number of nitrogens with zero attached hydrogens (tertiary/aromatic N) is 3. The highest BCUT2D eigenvalue weighted by Gasteiger charge is 2.14. The first-order valence-corrected chi connectivity index (χ1v) is 17.2. The van der Waals surface area contributed by atoms with Crippen LogP contribution in [0.4, 0.5) is 5.69 Å². The first-order valence-electron chi connectivity index (χ1n) is 16.2. The molecule has 0 atom stereocenters. The minimum atomic E-state index is -0.274. The number of ether oxygens (including phenoxy) is 2. The average molecular weight is 662 g/mol. The number of carbonyl (C=O) groups excluding carboxylic acids is 1. The minimum Gasteiger partial charge on any atom is -0.382 e. The van der Waals surface area contributed by atoms with Crippen molar-refractivity contribution >= 4 is 56.1 Å². The molecule has 0 saturated heterocycles. The molecule has 0 aliphatic heterocycles. The second-order valence-corrected chi connectivity index (χ2v) is 12.5. The van der Waals surface area contributed by atoms with Crippen molar-refractivity contribution in [2.75, 3.05) is 50.6 Å². The third-order valence-electron chi connectivity index (χ3n) is 8.02. The van der Waals surface area contributed by atoms with Crippen LogP contribution in [0, 0.1) is 6.92 Å². The molecule has 6 rings (SSSR count). The minimum absolute atomic E-state index is 0.0658. The summed E-state index contributed by atoms with van der Waals surface area (Å²) in [6.07, 6.45) is 0.556.